The lowest BCUT2D eigenvalue weighted by Crippen LogP contribution is -2.26. The van der Waals surface area contributed by atoms with Crippen LogP contribution in [0.2, 0.25) is 0 Å². The summed E-state index contributed by atoms with van der Waals surface area (Å²) in [5, 5.41) is 4.66. The van der Waals surface area contributed by atoms with E-state index in [1.54, 1.807) is 0 Å². The molecule has 6 rings (SSSR count). The Bertz CT molecular complexity index is 1340. The predicted octanol–water partition coefficient (Wildman–Crippen LogP) is 3.72. The second kappa shape index (κ2) is 5.45. The number of carbonyl (C=O) groups is 2. The van der Waals surface area contributed by atoms with Crippen LogP contribution in [0.4, 0.5) is 0 Å². The molecule has 0 aliphatic carbocycles. The van der Waals surface area contributed by atoms with Crippen molar-refractivity contribution in [1.82, 2.24) is 14.9 Å². The number of nitrogens with zero attached hydrogens (tertiary/aromatic N) is 1. The number of aryl methyl sites for hydroxylation is 1. The van der Waals surface area contributed by atoms with Crippen molar-refractivity contribution in [3.8, 4) is 0 Å². The van der Waals surface area contributed by atoms with Crippen LogP contribution in [0.3, 0.4) is 0 Å². The molecule has 0 saturated carbocycles. The summed E-state index contributed by atoms with van der Waals surface area (Å²) in [5.74, 6) is -0.594. The Morgan fingerprint density at radius 2 is 1.86 bits per heavy atom. The Balaban J connectivity index is 1.62. The Hall–Kier alpha value is -3.60. The highest BCUT2D eigenvalue weighted by Crippen LogP contribution is 2.41. The average Bonchev–Trinajstić information content (AvgIpc) is 3.39. The van der Waals surface area contributed by atoms with Crippen molar-refractivity contribution in [3.05, 3.63) is 77.6 Å². The smallest absolute Gasteiger partial charge is 0.259 e. The van der Waals surface area contributed by atoms with Crippen molar-refractivity contribution in [3.63, 3.8) is 0 Å². The lowest BCUT2D eigenvalue weighted by Gasteiger charge is -2.26. The van der Waals surface area contributed by atoms with Crippen molar-refractivity contribution in [1.29, 1.82) is 0 Å². The van der Waals surface area contributed by atoms with Crippen molar-refractivity contribution in [2.75, 3.05) is 0 Å². The molecule has 1 unspecified atom stereocenters. The van der Waals surface area contributed by atoms with Gasteiger partial charge in [-0.3, -0.25) is 14.9 Å². The van der Waals surface area contributed by atoms with Crippen molar-refractivity contribution >= 4 is 39.2 Å². The second-order valence-corrected chi connectivity index (χ2v) is 7.45. The van der Waals surface area contributed by atoms with Crippen LogP contribution in [-0.4, -0.2) is 21.4 Å². The monoisotopic (exact) mass is 367 g/mol. The Kier molecular flexibility index (Phi) is 3.01. The lowest BCUT2D eigenvalue weighted by molar-refractivity contribution is -0.123. The molecule has 0 fully saturated rings. The Morgan fingerprint density at radius 3 is 2.79 bits per heavy atom. The number of aromatic nitrogens is 2. The first-order chi connectivity index (χ1) is 13.7. The van der Waals surface area contributed by atoms with Gasteiger partial charge in [0.1, 0.15) is 0 Å². The van der Waals surface area contributed by atoms with Crippen LogP contribution in [0, 0.1) is 0 Å². The molecule has 4 heterocycles. The van der Waals surface area contributed by atoms with E-state index in [1.807, 2.05) is 36.7 Å². The van der Waals surface area contributed by atoms with E-state index in [0.717, 1.165) is 34.8 Å². The van der Waals surface area contributed by atoms with Crippen LogP contribution in [-0.2, 0) is 16.0 Å². The number of hydrogen-bond donors (Lipinski definition) is 2. The molecule has 28 heavy (non-hydrogen) atoms. The highest BCUT2D eigenvalue weighted by atomic mass is 16.2. The van der Waals surface area contributed by atoms with Gasteiger partial charge in [0, 0.05) is 28.9 Å². The van der Waals surface area contributed by atoms with Gasteiger partial charge in [0.05, 0.1) is 22.7 Å². The van der Waals surface area contributed by atoms with Crippen LogP contribution < -0.4 is 5.32 Å². The first-order valence-corrected chi connectivity index (χ1v) is 9.47. The van der Waals surface area contributed by atoms with Crippen LogP contribution in [0.25, 0.3) is 27.4 Å². The van der Waals surface area contributed by atoms with Gasteiger partial charge >= 0.3 is 0 Å². The van der Waals surface area contributed by atoms with Crippen LogP contribution in [0.1, 0.15) is 23.6 Å². The van der Waals surface area contributed by atoms with Gasteiger partial charge in [-0.25, -0.2) is 0 Å². The first-order valence-electron chi connectivity index (χ1n) is 9.47. The highest BCUT2D eigenvalue weighted by molar-refractivity contribution is 6.37. The lowest BCUT2D eigenvalue weighted by atomic mass is 9.90. The quantitative estimate of drug-likeness (QED) is 0.530. The number of amides is 2. The van der Waals surface area contributed by atoms with E-state index in [1.165, 1.54) is 10.9 Å². The van der Waals surface area contributed by atoms with Crippen LogP contribution in [0.5, 0.6) is 0 Å². The molecule has 1 atom stereocenters. The first kappa shape index (κ1) is 15.5. The number of fused-ring (bicyclic) bond motifs is 1. The molecule has 2 amide bonds. The van der Waals surface area contributed by atoms with Gasteiger partial charge in [-0.05, 0) is 35.9 Å². The molecule has 2 aromatic heterocycles. The largest absolute Gasteiger partial charge is 0.361 e. The average molecular weight is 367 g/mol. The maximum atomic E-state index is 12.9. The molecule has 0 bridgehead atoms. The van der Waals surface area contributed by atoms with Gasteiger partial charge in [0.15, 0.2) is 0 Å². The summed E-state index contributed by atoms with van der Waals surface area (Å²) < 4.78 is 2.16. The van der Waals surface area contributed by atoms with E-state index in [9.17, 15) is 9.59 Å². The van der Waals surface area contributed by atoms with Crippen LogP contribution in [0.15, 0.2) is 66.5 Å². The van der Waals surface area contributed by atoms with Crippen molar-refractivity contribution < 1.29 is 9.59 Å². The van der Waals surface area contributed by atoms with E-state index >= 15 is 0 Å². The SMILES string of the molecule is O=C1NC(=O)C(C2CCc3cccc4ccn2c34)=C1c1c[nH]c2ccccc12. The Labute approximate surface area is 160 Å². The summed E-state index contributed by atoms with van der Waals surface area (Å²) in [6.07, 6.45) is 5.55. The zero-order chi connectivity index (χ0) is 18.8. The summed E-state index contributed by atoms with van der Waals surface area (Å²) in [5.41, 5.74) is 5.26. The molecule has 2 aromatic carbocycles. The number of hydrogen-bond acceptors (Lipinski definition) is 2. The fraction of sp³-hybridized carbons (Fsp3) is 0.130. The van der Waals surface area contributed by atoms with E-state index in [0.29, 0.717) is 11.1 Å². The van der Waals surface area contributed by atoms with E-state index < -0.39 is 0 Å². The van der Waals surface area contributed by atoms with E-state index in [-0.39, 0.29) is 17.9 Å². The van der Waals surface area contributed by atoms with E-state index in [2.05, 4.69) is 39.1 Å². The molecule has 2 N–H and O–H groups in total. The molecule has 2 aliphatic rings. The van der Waals surface area contributed by atoms with E-state index in [4.69, 9.17) is 0 Å². The number of para-hydroxylation sites is 2. The second-order valence-electron chi connectivity index (χ2n) is 7.45. The molecular weight excluding hydrogens is 350 g/mol. The van der Waals surface area contributed by atoms with Gasteiger partial charge in [0.25, 0.3) is 11.8 Å². The molecule has 0 saturated heterocycles. The van der Waals surface area contributed by atoms with Crippen molar-refractivity contribution in [2.24, 2.45) is 0 Å². The fourth-order valence-electron chi connectivity index (χ4n) is 4.80. The number of nitrogens with one attached hydrogen (secondary N) is 2. The van der Waals surface area contributed by atoms with Gasteiger partial charge in [-0.15, -0.1) is 0 Å². The Morgan fingerprint density at radius 1 is 0.964 bits per heavy atom. The third-order valence-electron chi connectivity index (χ3n) is 6.01. The predicted molar refractivity (Wildman–Crippen MR) is 108 cm³/mol. The molecule has 0 radical (unpaired) electrons. The molecule has 4 aromatic rings. The minimum atomic E-state index is -0.313. The van der Waals surface area contributed by atoms with Crippen LogP contribution >= 0.6 is 0 Å². The summed E-state index contributed by atoms with van der Waals surface area (Å²) >= 11 is 0. The molecule has 136 valence electrons. The number of H-pyrrole nitrogens is 1. The topological polar surface area (TPSA) is 66.9 Å². The molecule has 5 heteroatoms. The minimum Gasteiger partial charge on any atom is -0.361 e. The van der Waals surface area contributed by atoms with Gasteiger partial charge in [0.2, 0.25) is 0 Å². The summed E-state index contributed by atoms with van der Waals surface area (Å²) in [6, 6.07) is 16.1. The number of carbonyl (C=O) groups excluding carboxylic acids is 2. The fourth-order valence-corrected chi connectivity index (χ4v) is 4.80. The van der Waals surface area contributed by atoms with Gasteiger partial charge in [-0.2, -0.15) is 0 Å². The third-order valence-corrected chi connectivity index (χ3v) is 6.01. The maximum Gasteiger partial charge on any atom is 0.259 e. The highest BCUT2D eigenvalue weighted by Gasteiger charge is 2.38. The summed E-state index contributed by atoms with van der Waals surface area (Å²) in [7, 11) is 0. The molecule has 2 aliphatic heterocycles. The number of imide groups is 1. The normalized spacial score (nSPS) is 19.1. The molecule has 0 spiro atoms. The van der Waals surface area contributed by atoms with Crippen molar-refractivity contribution in [2.45, 2.75) is 18.9 Å². The number of rotatable bonds is 2. The number of benzene rings is 2. The third kappa shape index (κ3) is 1.96. The summed E-state index contributed by atoms with van der Waals surface area (Å²) in [6.45, 7) is 0. The maximum absolute atomic E-state index is 12.9. The minimum absolute atomic E-state index is 0.150. The van der Waals surface area contributed by atoms with Gasteiger partial charge in [-0.1, -0.05) is 36.4 Å². The molecule has 5 nitrogen and oxygen atoms in total. The standard InChI is InChI=1S/C23H17N3O2/c27-22-19(16-12-24-17-7-2-1-6-15(16)17)20(23(28)25-22)18-9-8-13-4-3-5-14-10-11-26(18)21(13)14/h1-7,10-12,18,24H,8-9H2,(H,25,27,28). The molecular formula is C23H17N3O2. The summed E-state index contributed by atoms with van der Waals surface area (Å²) in [4.78, 5) is 28.9. The number of aromatic amines is 1. The zero-order valence-corrected chi connectivity index (χ0v) is 15.0. The zero-order valence-electron chi connectivity index (χ0n) is 15.0. The van der Waals surface area contributed by atoms with Gasteiger partial charge < -0.3 is 9.55 Å².